The second-order valence-corrected chi connectivity index (χ2v) is 6.70. The van der Waals surface area contributed by atoms with Gasteiger partial charge in [0.2, 0.25) is 0 Å². The van der Waals surface area contributed by atoms with Crippen molar-refractivity contribution in [3.63, 3.8) is 0 Å². The first-order valence-electron chi connectivity index (χ1n) is 7.13. The van der Waals surface area contributed by atoms with E-state index in [0.29, 0.717) is 17.4 Å². The summed E-state index contributed by atoms with van der Waals surface area (Å²) in [4.78, 5) is 0. The first-order chi connectivity index (χ1) is 8.47. The number of epoxide rings is 1. The minimum Gasteiger partial charge on any atom is -0.392 e. The number of aliphatic hydroxyl groups is 2. The molecule has 0 spiro atoms. The maximum absolute atomic E-state index is 10.4. The third kappa shape index (κ3) is 1.30. The van der Waals surface area contributed by atoms with E-state index in [2.05, 4.69) is 20.4 Å². The highest BCUT2D eigenvalue weighted by Gasteiger charge is 2.74. The van der Waals surface area contributed by atoms with Gasteiger partial charge in [-0.15, -0.1) is 0 Å². The van der Waals surface area contributed by atoms with Gasteiger partial charge < -0.3 is 14.9 Å². The number of rotatable bonds is 2. The lowest BCUT2D eigenvalue weighted by atomic mass is 9.53. The Morgan fingerprint density at radius 3 is 2.83 bits per heavy atom. The van der Waals surface area contributed by atoms with Crippen LogP contribution in [0.4, 0.5) is 0 Å². The van der Waals surface area contributed by atoms with Crippen molar-refractivity contribution in [3.05, 3.63) is 12.2 Å². The summed E-state index contributed by atoms with van der Waals surface area (Å²) in [5, 5.41) is 19.8. The molecule has 3 aliphatic rings. The molecule has 1 heterocycles. The molecule has 0 aromatic heterocycles. The van der Waals surface area contributed by atoms with Crippen molar-refractivity contribution in [1.29, 1.82) is 0 Å². The SMILES string of the molecule is C=C(CO)[C@@]12O[C@@H]1[C@]1(C)[C@@H](CCC[C@H]1C)CC2O. The van der Waals surface area contributed by atoms with E-state index in [0.717, 1.165) is 6.42 Å². The molecule has 2 aliphatic carbocycles. The highest BCUT2D eigenvalue weighted by atomic mass is 16.6. The molecule has 1 unspecified atom stereocenters. The van der Waals surface area contributed by atoms with Crippen LogP contribution in [0.25, 0.3) is 0 Å². The molecular weight excluding hydrogens is 228 g/mol. The van der Waals surface area contributed by atoms with Crippen molar-refractivity contribution in [2.24, 2.45) is 17.3 Å². The van der Waals surface area contributed by atoms with Gasteiger partial charge in [-0.2, -0.15) is 0 Å². The Morgan fingerprint density at radius 1 is 1.44 bits per heavy atom. The van der Waals surface area contributed by atoms with Gasteiger partial charge in [0.15, 0.2) is 0 Å². The van der Waals surface area contributed by atoms with E-state index >= 15 is 0 Å². The Labute approximate surface area is 109 Å². The van der Waals surface area contributed by atoms with Crippen LogP contribution in [0.5, 0.6) is 0 Å². The predicted octanol–water partition coefficient (Wildman–Crippen LogP) is 1.88. The average Bonchev–Trinajstić information content (AvgIpc) is 3.11. The Hall–Kier alpha value is -0.380. The molecule has 1 aliphatic heterocycles. The van der Waals surface area contributed by atoms with Crippen LogP contribution in [0.3, 0.4) is 0 Å². The van der Waals surface area contributed by atoms with Gasteiger partial charge in [0.25, 0.3) is 0 Å². The molecule has 2 N–H and O–H groups in total. The monoisotopic (exact) mass is 252 g/mol. The van der Waals surface area contributed by atoms with Crippen molar-refractivity contribution >= 4 is 0 Å². The zero-order valence-electron chi connectivity index (χ0n) is 11.4. The van der Waals surface area contributed by atoms with E-state index in [-0.39, 0.29) is 18.1 Å². The molecule has 2 saturated carbocycles. The Morgan fingerprint density at radius 2 is 2.17 bits per heavy atom. The minimum absolute atomic E-state index is 0.0497. The van der Waals surface area contributed by atoms with Crippen LogP contribution in [0, 0.1) is 17.3 Å². The fourth-order valence-corrected chi connectivity index (χ4v) is 4.61. The maximum atomic E-state index is 10.4. The standard InChI is InChI=1S/C15H24O3/c1-9-5-4-6-11-7-12(17)15(10(2)8-16)13(18-15)14(9,11)3/h9,11-13,16-17H,2,4-8H2,1,3H3/t9-,11+,12?,13-,14+,15+/m1/s1. The topological polar surface area (TPSA) is 53.0 Å². The molecule has 18 heavy (non-hydrogen) atoms. The molecule has 0 aromatic carbocycles. The Balaban J connectivity index is 1.95. The second kappa shape index (κ2) is 3.81. The summed E-state index contributed by atoms with van der Waals surface area (Å²) in [5.41, 5.74) is 0.138. The van der Waals surface area contributed by atoms with E-state index in [4.69, 9.17) is 4.74 Å². The van der Waals surface area contributed by atoms with Crippen molar-refractivity contribution in [2.45, 2.75) is 57.3 Å². The number of hydrogen-bond donors (Lipinski definition) is 2. The zero-order valence-corrected chi connectivity index (χ0v) is 11.4. The molecule has 3 rings (SSSR count). The van der Waals surface area contributed by atoms with Crippen molar-refractivity contribution in [1.82, 2.24) is 0 Å². The summed E-state index contributed by atoms with van der Waals surface area (Å²) in [5.74, 6) is 1.16. The van der Waals surface area contributed by atoms with Crippen LogP contribution in [0.15, 0.2) is 12.2 Å². The smallest absolute Gasteiger partial charge is 0.144 e. The predicted molar refractivity (Wildman–Crippen MR) is 69.1 cm³/mol. The van der Waals surface area contributed by atoms with E-state index in [1.165, 1.54) is 19.3 Å². The Kier molecular flexibility index (Phi) is 2.68. The van der Waals surface area contributed by atoms with Crippen LogP contribution >= 0.6 is 0 Å². The normalized spacial score (nSPS) is 54.4. The van der Waals surface area contributed by atoms with Gasteiger partial charge in [-0.1, -0.05) is 33.3 Å². The maximum Gasteiger partial charge on any atom is 0.144 e. The molecule has 3 nitrogen and oxygen atoms in total. The van der Waals surface area contributed by atoms with E-state index < -0.39 is 11.7 Å². The summed E-state index contributed by atoms with van der Waals surface area (Å²) in [6.45, 7) is 8.44. The van der Waals surface area contributed by atoms with Gasteiger partial charge in [-0.05, 0) is 30.3 Å². The van der Waals surface area contributed by atoms with Crippen molar-refractivity contribution in [2.75, 3.05) is 6.61 Å². The first kappa shape index (κ1) is 12.6. The zero-order chi connectivity index (χ0) is 13.1. The van der Waals surface area contributed by atoms with Gasteiger partial charge in [-0.3, -0.25) is 0 Å². The summed E-state index contributed by atoms with van der Waals surface area (Å²) in [6.07, 6.45) is 4.04. The first-order valence-corrected chi connectivity index (χ1v) is 7.13. The minimum atomic E-state index is -0.647. The van der Waals surface area contributed by atoms with Crippen molar-refractivity contribution < 1.29 is 14.9 Å². The lowest BCUT2D eigenvalue weighted by Gasteiger charge is -2.50. The van der Waals surface area contributed by atoms with Gasteiger partial charge in [-0.25, -0.2) is 0 Å². The highest BCUT2D eigenvalue weighted by Crippen LogP contribution is 2.66. The molecule has 3 fully saturated rings. The lowest BCUT2D eigenvalue weighted by molar-refractivity contribution is -0.0325. The summed E-state index contributed by atoms with van der Waals surface area (Å²) in [6, 6.07) is 0. The number of ether oxygens (including phenoxy) is 1. The molecule has 102 valence electrons. The van der Waals surface area contributed by atoms with Crippen LogP contribution in [-0.2, 0) is 4.74 Å². The molecule has 0 bridgehead atoms. The van der Waals surface area contributed by atoms with Crippen LogP contribution in [0.2, 0.25) is 0 Å². The molecule has 0 aromatic rings. The van der Waals surface area contributed by atoms with Crippen LogP contribution in [0.1, 0.15) is 39.5 Å². The number of aliphatic hydroxyl groups excluding tert-OH is 2. The highest BCUT2D eigenvalue weighted by molar-refractivity contribution is 5.34. The fourth-order valence-electron chi connectivity index (χ4n) is 4.61. The summed E-state index contributed by atoms with van der Waals surface area (Å²) < 4.78 is 5.96. The lowest BCUT2D eigenvalue weighted by Crippen LogP contribution is -2.54. The van der Waals surface area contributed by atoms with Gasteiger partial charge in [0.1, 0.15) is 11.7 Å². The summed E-state index contributed by atoms with van der Waals surface area (Å²) >= 11 is 0. The van der Waals surface area contributed by atoms with Gasteiger partial charge in [0.05, 0.1) is 12.7 Å². The number of hydrogen-bond acceptors (Lipinski definition) is 3. The third-order valence-corrected chi connectivity index (χ3v) is 6.09. The molecule has 0 radical (unpaired) electrons. The van der Waals surface area contributed by atoms with Crippen LogP contribution < -0.4 is 0 Å². The van der Waals surface area contributed by atoms with E-state index in [1.807, 2.05) is 0 Å². The second-order valence-electron chi connectivity index (χ2n) is 6.70. The fraction of sp³-hybridized carbons (Fsp3) is 0.867. The average molecular weight is 252 g/mol. The Bertz CT molecular complexity index is 380. The van der Waals surface area contributed by atoms with E-state index in [1.54, 1.807) is 0 Å². The molecule has 6 atom stereocenters. The molecular formula is C15H24O3. The third-order valence-electron chi connectivity index (χ3n) is 6.09. The van der Waals surface area contributed by atoms with E-state index in [9.17, 15) is 10.2 Å². The summed E-state index contributed by atoms with van der Waals surface area (Å²) in [7, 11) is 0. The molecule has 0 amide bonds. The largest absolute Gasteiger partial charge is 0.392 e. The number of fused-ring (bicyclic) bond motifs is 3. The quantitative estimate of drug-likeness (QED) is 0.583. The van der Waals surface area contributed by atoms with Gasteiger partial charge in [0, 0.05) is 5.41 Å². The van der Waals surface area contributed by atoms with Crippen molar-refractivity contribution in [3.8, 4) is 0 Å². The molecule has 1 saturated heterocycles. The molecule has 3 heteroatoms. The van der Waals surface area contributed by atoms with Gasteiger partial charge >= 0.3 is 0 Å². The van der Waals surface area contributed by atoms with Crippen LogP contribution in [-0.4, -0.2) is 34.6 Å².